The molecule has 0 saturated carbocycles. The van der Waals surface area contributed by atoms with E-state index in [-0.39, 0.29) is 23.3 Å². The van der Waals surface area contributed by atoms with Crippen LogP contribution in [0.25, 0.3) is 0 Å². The average molecular weight is 302 g/mol. The molecule has 122 valence electrons. The topological polar surface area (TPSA) is 32.3 Å². The Morgan fingerprint density at radius 3 is 2.45 bits per heavy atom. The third-order valence-corrected chi connectivity index (χ3v) is 4.63. The fourth-order valence-corrected chi connectivity index (χ4v) is 3.07. The highest BCUT2D eigenvalue weighted by Crippen LogP contribution is 2.24. The Kier molecular flexibility index (Phi) is 5.28. The maximum atomic E-state index is 12.4. The summed E-state index contributed by atoms with van der Waals surface area (Å²) in [6.07, 6.45) is 2.12. The molecular weight excluding hydrogens is 272 g/mol. The second kappa shape index (κ2) is 6.82. The first-order valence-corrected chi connectivity index (χ1v) is 8.37. The Morgan fingerprint density at radius 1 is 1.27 bits per heavy atom. The summed E-state index contributed by atoms with van der Waals surface area (Å²) < 4.78 is 0. The standard InChI is InChI=1S/C19H30N2O/c1-14(15-8-10-17(11-9-15)19(2,3)4)20-18(22)16-7-6-12-21(5)13-16/h8-11,14,16H,6-7,12-13H2,1-5H3,(H,20,22)/t14-,16+/m0/s1. The lowest BCUT2D eigenvalue weighted by atomic mass is 9.86. The second-order valence-electron chi connectivity index (χ2n) is 7.70. The van der Waals surface area contributed by atoms with Crippen LogP contribution >= 0.6 is 0 Å². The van der Waals surface area contributed by atoms with Crippen LogP contribution < -0.4 is 5.32 Å². The van der Waals surface area contributed by atoms with E-state index in [1.807, 2.05) is 0 Å². The smallest absolute Gasteiger partial charge is 0.224 e. The van der Waals surface area contributed by atoms with Gasteiger partial charge in [-0.15, -0.1) is 0 Å². The van der Waals surface area contributed by atoms with Crippen LogP contribution in [0.3, 0.4) is 0 Å². The molecule has 3 heteroatoms. The van der Waals surface area contributed by atoms with Crippen molar-refractivity contribution in [3.63, 3.8) is 0 Å². The number of piperidine rings is 1. The van der Waals surface area contributed by atoms with Crippen molar-refractivity contribution in [2.75, 3.05) is 20.1 Å². The zero-order valence-corrected chi connectivity index (χ0v) is 14.6. The molecule has 1 saturated heterocycles. The maximum absolute atomic E-state index is 12.4. The number of benzene rings is 1. The normalized spacial score (nSPS) is 21.4. The quantitative estimate of drug-likeness (QED) is 0.927. The summed E-state index contributed by atoms with van der Waals surface area (Å²) in [7, 11) is 2.09. The van der Waals surface area contributed by atoms with Gasteiger partial charge in [0.05, 0.1) is 12.0 Å². The molecule has 0 unspecified atom stereocenters. The van der Waals surface area contributed by atoms with Crippen molar-refractivity contribution in [3.8, 4) is 0 Å². The van der Waals surface area contributed by atoms with E-state index in [1.54, 1.807) is 0 Å². The SMILES string of the molecule is C[C@H](NC(=O)[C@@H]1CCCN(C)C1)c1ccc(C(C)(C)C)cc1. The van der Waals surface area contributed by atoms with Crippen LogP contribution in [0.1, 0.15) is 57.7 Å². The van der Waals surface area contributed by atoms with Gasteiger partial charge in [-0.3, -0.25) is 4.79 Å². The van der Waals surface area contributed by atoms with Crippen molar-refractivity contribution >= 4 is 5.91 Å². The zero-order chi connectivity index (χ0) is 16.3. The van der Waals surface area contributed by atoms with Gasteiger partial charge in [0.25, 0.3) is 0 Å². The van der Waals surface area contributed by atoms with Gasteiger partial charge in [-0.2, -0.15) is 0 Å². The van der Waals surface area contributed by atoms with Crippen LogP contribution in [-0.4, -0.2) is 30.9 Å². The highest BCUT2D eigenvalue weighted by molar-refractivity contribution is 5.79. The summed E-state index contributed by atoms with van der Waals surface area (Å²) >= 11 is 0. The first-order chi connectivity index (χ1) is 10.3. The zero-order valence-electron chi connectivity index (χ0n) is 14.6. The molecule has 1 N–H and O–H groups in total. The molecule has 22 heavy (non-hydrogen) atoms. The van der Waals surface area contributed by atoms with Crippen LogP contribution in [0.2, 0.25) is 0 Å². The molecule has 0 spiro atoms. The monoisotopic (exact) mass is 302 g/mol. The lowest BCUT2D eigenvalue weighted by Gasteiger charge is -2.29. The Morgan fingerprint density at radius 2 is 1.91 bits per heavy atom. The van der Waals surface area contributed by atoms with Gasteiger partial charge < -0.3 is 10.2 Å². The molecule has 0 bridgehead atoms. The number of likely N-dealkylation sites (tertiary alicyclic amines) is 1. The van der Waals surface area contributed by atoms with E-state index in [1.165, 1.54) is 11.1 Å². The molecule has 1 heterocycles. The molecule has 0 aliphatic carbocycles. The van der Waals surface area contributed by atoms with Crippen molar-refractivity contribution in [2.24, 2.45) is 5.92 Å². The molecular formula is C19H30N2O. The van der Waals surface area contributed by atoms with Gasteiger partial charge >= 0.3 is 0 Å². The Hall–Kier alpha value is -1.35. The Labute approximate surface area is 135 Å². The molecule has 1 aromatic rings. The lowest BCUT2D eigenvalue weighted by molar-refractivity contribution is -0.127. The van der Waals surface area contributed by atoms with Gasteiger partial charge in [0.2, 0.25) is 5.91 Å². The van der Waals surface area contributed by atoms with Crippen LogP contribution in [-0.2, 0) is 10.2 Å². The largest absolute Gasteiger partial charge is 0.349 e. The Balaban J connectivity index is 1.96. The van der Waals surface area contributed by atoms with E-state index in [9.17, 15) is 4.79 Å². The third kappa shape index (κ3) is 4.33. The van der Waals surface area contributed by atoms with Crippen molar-refractivity contribution in [1.29, 1.82) is 0 Å². The summed E-state index contributed by atoms with van der Waals surface area (Å²) in [5, 5.41) is 3.18. The second-order valence-corrected chi connectivity index (χ2v) is 7.70. The lowest BCUT2D eigenvalue weighted by Crippen LogP contribution is -2.42. The van der Waals surface area contributed by atoms with Gasteiger partial charge in [0, 0.05) is 6.54 Å². The number of carbonyl (C=O) groups is 1. The van der Waals surface area contributed by atoms with Gasteiger partial charge in [-0.05, 0) is 49.9 Å². The van der Waals surface area contributed by atoms with E-state index in [4.69, 9.17) is 0 Å². The third-order valence-electron chi connectivity index (χ3n) is 4.63. The van der Waals surface area contributed by atoms with Crippen LogP contribution in [0.15, 0.2) is 24.3 Å². The minimum atomic E-state index is 0.0637. The van der Waals surface area contributed by atoms with Gasteiger partial charge in [0.1, 0.15) is 0 Å². The minimum Gasteiger partial charge on any atom is -0.349 e. The van der Waals surface area contributed by atoms with E-state index >= 15 is 0 Å². The van der Waals surface area contributed by atoms with Crippen molar-refractivity contribution in [3.05, 3.63) is 35.4 Å². The molecule has 1 fully saturated rings. The van der Waals surface area contributed by atoms with Crippen LogP contribution in [0.5, 0.6) is 0 Å². The summed E-state index contributed by atoms with van der Waals surface area (Å²) in [6, 6.07) is 8.68. The Bertz CT molecular complexity index is 501. The van der Waals surface area contributed by atoms with E-state index in [2.05, 4.69) is 69.2 Å². The molecule has 0 aromatic heterocycles. The van der Waals surface area contributed by atoms with Crippen molar-refractivity contribution < 1.29 is 4.79 Å². The van der Waals surface area contributed by atoms with Crippen molar-refractivity contribution in [1.82, 2.24) is 10.2 Å². The summed E-state index contributed by atoms with van der Waals surface area (Å²) in [5.41, 5.74) is 2.66. The molecule has 1 amide bonds. The average Bonchev–Trinajstić information content (AvgIpc) is 2.46. The van der Waals surface area contributed by atoms with E-state index in [0.29, 0.717) is 0 Å². The van der Waals surface area contributed by atoms with Crippen LogP contribution in [0.4, 0.5) is 0 Å². The minimum absolute atomic E-state index is 0.0637. The highest BCUT2D eigenvalue weighted by atomic mass is 16.2. The molecule has 1 aromatic carbocycles. The maximum Gasteiger partial charge on any atom is 0.224 e. The van der Waals surface area contributed by atoms with Gasteiger partial charge in [-0.25, -0.2) is 0 Å². The van der Waals surface area contributed by atoms with Crippen LogP contribution in [0, 0.1) is 5.92 Å². The number of rotatable bonds is 3. The molecule has 2 rings (SSSR count). The molecule has 1 aliphatic heterocycles. The molecule has 0 radical (unpaired) electrons. The number of hydrogen-bond donors (Lipinski definition) is 1. The van der Waals surface area contributed by atoms with Crippen molar-refractivity contribution in [2.45, 2.75) is 52.0 Å². The molecule has 1 aliphatic rings. The number of amides is 1. The number of nitrogens with one attached hydrogen (secondary N) is 1. The van der Waals surface area contributed by atoms with E-state index < -0.39 is 0 Å². The fourth-order valence-electron chi connectivity index (χ4n) is 3.07. The summed E-state index contributed by atoms with van der Waals surface area (Å²) in [5.74, 6) is 0.328. The highest BCUT2D eigenvalue weighted by Gasteiger charge is 2.25. The molecule has 3 nitrogen and oxygen atoms in total. The first-order valence-electron chi connectivity index (χ1n) is 8.37. The first kappa shape index (κ1) is 17.0. The van der Waals surface area contributed by atoms with Gasteiger partial charge in [-0.1, -0.05) is 45.0 Å². The summed E-state index contributed by atoms with van der Waals surface area (Å²) in [4.78, 5) is 14.7. The number of nitrogens with zero attached hydrogens (tertiary/aromatic N) is 1. The summed E-state index contributed by atoms with van der Waals surface area (Å²) in [6.45, 7) is 10.7. The van der Waals surface area contributed by atoms with E-state index in [0.717, 1.165) is 25.9 Å². The predicted molar refractivity (Wildman–Crippen MR) is 91.9 cm³/mol. The number of carbonyl (C=O) groups excluding carboxylic acids is 1. The number of hydrogen-bond acceptors (Lipinski definition) is 2. The predicted octanol–water partition coefficient (Wildman–Crippen LogP) is 3.50. The molecule has 2 atom stereocenters. The fraction of sp³-hybridized carbons (Fsp3) is 0.632. The van der Waals surface area contributed by atoms with Gasteiger partial charge in [0.15, 0.2) is 0 Å².